The van der Waals surface area contributed by atoms with E-state index in [-0.39, 0.29) is 11.7 Å². The van der Waals surface area contributed by atoms with E-state index in [0.717, 1.165) is 18.7 Å². The molecule has 0 unspecified atom stereocenters. The molecule has 1 heterocycles. The van der Waals surface area contributed by atoms with E-state index >= 15 is 0 Å². The largest absolute Gasteiger partial charge is 0.332 e. The summed E-state index contributed by atoms with van der Waals surface area (Å²) in [6.07, 6.45) is 6.04. The van der Waals surface area contributed by atoms with Gasteiger partial charge in [-0.05, 0) is 25.0 Å². The SMILES string of the molecule is CCC(=O)N(Cc1nccn1Cc1c(F)cccc1Cl)C1CC1. The Bertz CT molecular complexity index is 691. The molecule has 1 aromatic heterocycles. The highest BCUT2D eigenvalue weighted by Crippen LogP contribution is 2.29. The van der Waals surface area contributed by atoms with Crippen molar-refractivity contribution in [2.24, 2.45) is 0 Å². The van der Waals surface area contributed by atoms with Crippen molar-refractivity contribution in [1.82, 2.24) is 14.5 Å². The smallest absolute Gasteiger partial charge is 0.222 e. The minimum atomic E-state index is -0.333. The molecule has 1 fully saturated rings. The third kappa shape index (κ3) is 3.55. The zero-order valence-corrected chi connectivity index (χ0v) is 13.8. The fourth-order valence-corrected chi connectivity index (χ4v) is 2.87. The molecule has 1 saturated carbocycles. The number of benzene rings is 1. The summed E-state index contributed by atoms with van der Waals surface area (Å²) in [7, 11) is 0. The van der Waals surface area contributed by atoms with Crippen LogP contribution in [0.4, 0.5) is 4.39 Å². The van der Waals surface area contributed by atoms with Crippen molar-refractivity contribution in [2.75, 3.05) is 0 Å². The third-order valence-corrected chi connectivity index (χ3v) is 4.47. The summed E-state index contributed by atoms with van der Waals surface area (Å²) in [4.78, 5) is 18.3. The van der Waals surface area contributed by atoms with Crippen LogP contribution in [0.5, 0.6) is 0 Å². The Labute approximate surface area is 139 Å². The van der Waals surface area contributed by atoms with Crippen molar-refractivity contribution in [2.45, 2.75) is 45.3 Å². The van der Waals surface area contributed by atoms with Crippen molar-refractivity contribution in [3.8, 4) is 0 Å². The number of hydrogen-bond donors (Lipinski definition) is 0. The highest BCUT2D eigenvalue weighted by Gasteiger charge is 2.32. The zero-order chi connectivity index (χ0) is 16.4. The lowest BCUT2D eigenvalue weighted by Gasteiger charge is -2.22. The van der Waals surface area contributed by atoms with Gasteiger partial charge in [-0.3, -0.25) is 4.79 Å². The predicted octanol–water partition coefficient (Wildman–Crippen LogP) is 3.62. The zero-order valence-electron chi connectivity index (χ0n) is 13.0. The van der Waals surface area contributed by atoms with Crippen LogP contribution in [0.1, 0.15) is 37.6 Å². The molecule has 122 valence electrons. The minimum Gasteiger partial charge on any atom is -0.332 e. The van der Waals surface area contributed by atoms with Crippen LogP contribution in [0, 0.1) is 5.82 Å². The molecule has 0 radical (unpaired) electrons. The van der Waals surface area contributed by atoms with Gasteiger partial charge in [0.05, 0.1) is 13.1 Å². The average Bonchev–Trinajstić information content (AvgIpc) is 3.28. The maximum absolute atomic E-state index is 14.0. The number of imidazole rings is 1. The van der Waals surface area contributed by atoms with Crippen LogP contribution in [0.25, 0.3) is 0 Å². The van der Waals surface area contributed by atoms with E-state index < -0.39 is 0 Å². The molecule has 0 saturated heterocycles. The highest BCUT2D eigenvalue weighted by atomic mass is 35.5. The van der Waals surface area contributed by atoms with Gasteiger partial charge in [0.25, 0.3) is 0 Å². The number of carbonyl (C=O) groups is 1. The van der Waals surface area contributed by atoms with Crippen LogP contribution < -0.4 is 0 Å². The van der Waals surface area contributed by atoms with Gasteiger partial charge in [-0.1, -0.05) is 24.6 Å². The maximum atomic E-state index is 14.0. The second kappa shape index (κ2) is 6.71. The van der Waals surface area contributed by atoms with Crippen LogP contribution >= 0.6 is 11.6 Å². The maximum Gasteiger partial charge on any atom is 0.222 e. The molecule has 1 aliphatic rings. The van der Waals surface area contributed by atoms with E-state index in [1.807, 2.05) is 16.4 Å². The summed E-state index contributed by atoms with van der Waals surface area (Å²) in [6, 6.07) is 4.98. The first-order valence-corrected chi connectivity index (χ1v) is 8.20. The lowest BCUT2D eigenvalue weighted by molar-refractivity contribution is -0.132. The summed E-state index contributed by atoms with van der Waals surface area (Å²) in [5.41, 5.74) is 0.438. The molecule has 4 nitrogen and oxygen atoms in total. The molecule has 1 amide bonds. The first kappa shape index (κ1) is 16.0. The van der Waals surface area contributed by atoms with Gasteiger partial charge in [0, 0.05) is 35.4 Å². The standard InChI is InChI=1S/C17H19ClFN3O/c1-2-17(23)22(12-6-7-12)11-16-20-8-9-21(16)10-13-14(18)4-3-5-15(13)19/h3-5,8-9,12H,2,6-7,10-11H2,1H3. The Morgan fingerprint density at radius 2 is 2.26 bits per heavy atom. The topological polar surface area (TPSA) is 38.1 Å². The minimum absolute atomic E-state index is 0.131. The number of aromatic nitrogens is 2. The lowest BCUT2D eigenvalue weighted by Crippen LogP contribution is -2.33. The van der Waals surface area contributed by atoms with Gasteiger partial charge in [-0.2, -0.15) is 0 Å². The molecule has 0 bridgehead atoms. The first-order valence-electron chi connectivity index (χ1n) is 7.82. The number of rotatable bonds is 6. The number of carbonyl (C=O) groups excluding carboxylic acids is 1. The molecular weight excluding hydrogens is 317 g/mol. The van der Waals surface area contributed by atoms with E-state index in [4.69, 9.17) is 11.6 Å². The average molecular weight is 336 g/mol. The second-order valence-corrected chi connectivity index (χ2v) is 6.19. The Hall–Kier alpha value is -1.88. The summed E-state index contributed by atoms with van der Waals surface area (Å²) >= 11 is 6.10. The van der Waals surface area contributed by atoms with Crippen molar-refractivity contribution < 1.29 is 9.18 Å². The summed E-state index contributed by atoms with van der Waals surface area (Å²) in [5, 5.41) is 0.397. The van der Waals surface area contributed by atoms with E-state index in [1.165, 1.54) is 6.07 Å². The molecule has 0 spiro atoms. The Morgan fingerprint density at radius 3 is 2.91 bits per heavy atom. The summed E-state index contributed by atoms with van der Waals surface area (Å²) in [5.74, 6) is 0.546. The summed E-state index contributed by atoms with van der Waals surface area (Å²) in [6.45, 7) is 2.62. The molecular formula is C17H19ClFN3O. The third-order valence-electron chi connectivity index (χ3n) is 4.11. The van der Waals surface area contributed by atoms with Crippen LogP contribution in [0.2, 0.25) is 5.02 Å². The van der Waals surface area contributed by atoms with Gasteiger partial charge in [0.1, 0.15) is 11.6 Å². The monoisotopic (exact) mass is 335 g/mol. The van der Waals surface area contributed by atoms with Gasteiger partial charge in [0.15, 0.2) is 0 Å². The van der Waals surface area contributed by atoms with Crippen LogP contribution in [-0.2, 0) is 17.9 Å². The fourth-order valence-electron chi connectivity index (χ4n) is 2.65. The van der Waals surface area contributed by atoms with E-state index in [1.54, 1.807) is 24.5 Å². The molecule has 0 atom stereocenters. The van der Waals surface area contributed by atoms with E-state index in [2.05, 4.69) is 4.98 Å². The normalized spacial score (nSPS) is 14.0. The van der Waals surface area contributed by atoms with Crippen molar-refractivity contribution in [1.29, 1.82) is 0 Å². The van der Waals surface area contributed by atoms with Gasteiger partial charge in [0.2, 0.25) is 5.91 Å². The number of hydrogen-bond acceptors (Lipinski definition) is 2. The van der Waals surface area contributed by atoms with Crippen LogP contribution in [0.3, 0.4) is 0 Å². The summed E-state index contributed by atoms with van der Waals surface area (Å²) < 4.78 is 15.8. The van der Waals surface area contributed by atoms with Crippen molar-refractivity contribution in [3.63, 3.8) is 0 Å². The number of amides is 1. The first-order chi connectivity index (χ1) is 11.1. The Kier molecular flexibility index (Phi) is 4.66. The van der Waals surface area contributed by atoms with Gasteiger partial charge in [-0.25, -0.2) is 9.37 Å². The van der Waals surface area contributed by atoms with Crippen molar-refractivity contribution in [3.05, 3.63) is 52.8 Å². The van der Waals surface area contributed by atoms with E-state index in [9.17, 15) is 9.18 Å². The van der Waals surface area contributed by atoms with Gasteiger partial charge >= 0.3 is 0 Å². The molecule has 1 aliphatic carbocycles. The molecule has 1 aromatic carbocycles. The fraction of sp³-hybridized carbons (Fsp3) is 0.412. The highest BCUT2D eigenvalue weighted by molar-refractivity contribution is 6.31. The van der Waals surface area contributed by atoms with Gasteiger partial charge < -0.3 is 9.47 Å². The van der Waals surface area contributed by atoms with E-state index in [0.29, 0.717) is 36.1 Å². The lowest BCUT2D eigenvalue weighted by atomic mass is 10.2. The molecule has 2 aromatic rings. The predicted molar refractivity (Wildman–Crippen MR) is 86.6 cm³/mol. The Balaban J connectivity index is 1.81. The van der Waals surface area contributed by atoms with Crippen molar-refractivity contribution >= 4 is 17.5 Å². The molecule has 3 rings (SSSR count). The molecule has 0 aliphatic heterocycles. The number of halogens is 2. The number of nitrogens with zero attached hydrogens (tertiary/aromatic N) is 3. The van der Waals surface area contributed by atoms with Gasteiger partial charge in [-0.15, -0.1) is 0 Å². The van der Waals surface area contributed by atoms with Crippen LogP contribution in [0.15, 0.2) is 30.6 Å². The molecule has 6 heteroatoms. The Morgan fingerprint density at radius 1 is 1.48 bits per heavy atom. The van der Waals surface area contributed by atoms with Crippen LogP contribution in [-0.4, -0.2) is 26.4 Å². The molecule has 0 N–H and O–H groups in total. The second-order valence-electron chi connectivity index (χ2n) is 5.78. The quantitative estimate of drug-likeness (QED) is 0.808. The molecule has 23 heavy (non-hydrogen) atoms.